The van der Waals surface area contributed by atoms with Gasteiger partial charge in [-0.05, 0) is 38.5 Å². The fraction of sp³-hybridized carbons (Fsp3) is 0.320. The van der Waals surface area contributed by atoms with E-state index in [0.717, 1.165) is 29.3 Å². The molecule has 0 aliphatic carbocycles. The van der Waals surface area contributed by atoms with Crippen molar-refractivity contribution in [2.24, 2.45) is 0 Å². The van der Waals surface area contributed by atoms with Crippen molar-refractivity contribution in [3.8, 4) is 0 Å². The summed E-state index contributed by atoms with van der Waals surface area (Å²) >= 11 is 0. The molecule has 8 heteroatoms. The molecular formula is C25H27N5O3. The van der Waals surface area contributed by atoms with E-state index in [-0.39, 0.29) is 11.6 Å². The Labute approximate surface area is 193 Å². The van der Waals surface area contributed by atoms with Crippen LogP contribution in [-0.4, -0.2) is 51.9 Å². The molecule has 0 radical (unpaired) electrons. The van der Waals surface area contributed by atoms with Crippen molar-refractivity contribution in [3.05, 3.63) is 92.4 Å². The van der Waals surface area contributed by atoms with E-state index in [1.807, 2.05) is 13.8 Å². The molecule has 1 aromatic heterocycles. The van der Waals surface area contributed by atoms with Gasteiger partial charge in [0.2, 0.25) is 0 Å². The highest BCUT2D eigenvalue weighted by molar-refractivity contribution is 5.94. The van der Waals surface area contributed by atoms with Crippen molar-refractivity contribution < 1.29 is 9.72 Å². The predicted octanol–water partition coefficient (Wildman–Crippen LogP) is 3.86. The number of aryl methyl sites for hydroxylation is 3. The molecule has 8 nitrogen and oxygen atoms in total. The lowest BCUT2D eigenvalue weighted by Crippen LogP contribution is -2.49. The van der Waals surface area contributed by atoms with Crippen LogP contribution in [0.5, 0.6) is 0 Å². The third kappa shape index (κ3) is 5.00. The van der Waals surface area contributed by atoms with Gasteiger partial charge in [-0.15, -0.1) is 0 Å². The highest BCUT2D eigenvalue weighted by Crippen LogP contribution is 2.26. The van der Waals surface area contributed by atoms with E-state index in [1.165, 1.54) is 35.4 Å². The van der Waals surface area contributed by atoms with Gasteiger partial charge < -0.3 is 9.80 Å². The Morgan fingerprint density at radius 3 is 2.18 bits per heavy atom. The van der Waals surface area contributed by atoms with Crippen LogP contribution in [0.4, 0.5) is 11.5 Å². The van der Waals surface area contributed by atoms with Crippen LogP contribution in [0.3, 0.4) is 0 Å². The van der Waals surface area contributed by atoms with Gasteiger partial charge >= 0.3 is 0 Å². The van der Waals surface area contributed by atoms with Gasteiger partial charge in [0.1, 0.15) is 11.6 Å². The number of nitro benzene ring substituents is 1. The third-order valence-electron chi connectivity index (χ3n) is 6.00. The maximum absolute atomic E-state index is 12.9. The average Bonchev–Trinajstić information content (AvgIpc) is 2.81. The Morgan fingerprint density at radius 1 is 0.939 bits per heavy atom. The van der Waals surface area contributed by atoms with E-state index in [2.05, 4.69) is 41.1 Å². The number of benzene rings is 2. The Bertz CT molecular complexity index is 1170. The summed E-state index contributed by atoms with van der Waals surface area (Å²) in [6.45, 7) is 8.44. The molecule has 1 saturated heterocycles. The number of rotatable bonds is 5. The molecular weight excluding hydrogens is 418 g/mol. The van der Waals surface area contributed by atoms with E-state index in [1.54, 1.807) is 4.90 Å². The van der Waals surface area contributed by atoms with Crippen molar-refractivity contribution in [1.82, 2.24) is 14.9 Å². The molecule has 0 saturated carbocycles. The first-order valence-electron chi connectivity index (χ1n) is 11.0. The van der Waals surface area contributed by atoms with Crippen molar-refractivity contribution >= 4 is 17.4 Å². The van der Waals surface area contributed by atoms with Crippen LogP contribution in [0.2, 0.25) is 0 Å². The zero-order valence-corrected chi connectivity index (χ0v) is 19.1. The number of hydrogen-bond acceptors (Lipinski definition) is 6. The molecule has 1 aliphatic heterocycles. The van der Waals surface area contributed by atoms with Crippen LogP contribution < -0.4 is 4.90 Å². The topological polar surface area (TPSA) is 92.5 Å². The van der Waals surface area contributed by atoms with Gasteiger partial charge in [-0.3, -0.25) is 14.9 Å². The molecule has 170 valence electrons. The fourth-order valence-corrected chi connectivity index (χ4v) is 4.13. The van der Waals surface area contributed by atoms with E-state index < -0.39 is 4.92 Å². The van der Waals surface area contributed by atoms with Gasteiger partial charge in [0.25, 0.3) is 11.6 Å². The Hall–Kier alpha value is -3.81. The Balaban J connectivity index is 1.49. The second-order valence-electron chi connectivity index (χ2n) is 8.40. The number of aromatic nitrogens is 2. The molecule has 1 fully saturated rings. The summed E-state index contributed by atoms with van der Waals surface area (Å²) in [5.41, 5.74) is 4.96. The predicted molar refractivity (Wildman–Crippen MR) is 127 cm³/mol. The van der Waals surface area contributed by atoms with Crippen molar-refractivity contribution in [2.75, 3.05) is 31.1 Å². The molecule has 0 bridgehead atoms. The largest absolute Gasteiger partial charge is 0.353 e. The minimum Gasteiger partial charge on any atom is -0.353 e. The SMILES string of the molecule is Cc1ccc(Cc2c(C)nc(C)nc2N2CCN(C(=O)c3ccc([N+](=O)[O-])cc3)CC2)cc1. The molecule has 0 N–H and O–H groups in total. The number of non-ortho nitro benzene ring substituents is 1. The zero-order valence-electron chi connectivity index (χ0n) is 19.1. The lowest BCUT2D eigenvalue weighted by Gasteiger charge is -2.36. The zero-order chi connectivity index (χ0) is 23.5. The van der Waals surface area contributed by atoms with Crippen molar-refractivity contribution in [3.63, 3.8) is 0 Å². The summed E-state index contributed by atoms with van der Waals surface area (Å²) in [4.78, 5) is 36.7. The van der Waals surface area contributed by atoms with Gasteiger partial charge in [-0.2, -0.15) is 0 Å². The average molecular weight is 446 g/mol. The summed E-state index contributed by atoms with van der Waals surface area (Å²) in [6, 6.07) is 14.3. The molecule has 1 amide bonds. The quantitative estimate of drug-likeness (QED) is 0.437. The van der Waals surface area contributed by atoms with Crippen LogP contribution in [0.1, 0.15) is 38.6 Å². The van der Waals surface area contributed by atoms with Crippen LogP contribution in [-0.2, 0) is 6.42 Å². The number of amides is 1. The molecule has 0 spiro atoms. The molecule has 2 heterocycles. The lowest BCUT2D eigenvalue weighted by atomic mass is 10.0. The minimum atomic E-state index is -0.465. The van der Waals surface area contributed by atoms with E-state index in [9.17, 15) is 14.9 Å². The summed E-state index contributed by atoms with van der Waals surface area (Å²) < 4.78 is 0. The number of hydrogen-bond donors (Lipinski definition) is 0. The highest BCUT2D eigenvalue weighted by atomic mass is 16.6. The maximum Gasteiger partial charge on any atom is 0.269 e. The summed E-state index contributed by atoms with van der Waals surface area (Å²) in [7, 11) is 0. The number of anilines is 1. The number of carbonyl (C=O) groups is 1. The van der Waals surface area contributed by atoms with Crippen LogP contribution in [0, 0.1) is 30.9 Å². The van der Waals surface area contributed by atoms with E-state index in [0.29, 0.717) is 31.7 Å². The van der Waals surface area contributed by atoms with Gasteiger partial charge in [0.15, 0.2) is 0 Å². The second kappa shape index (κ2) is 9.36. The molecule has 33 heavy (non-hydrogen) atoms. The fourth-order valence-electron chi connectivity index (χ4n) is 4.13. The van der Waals surface area contributed by atoms with E-state index >= 15 is 0 Å². The number of nitrogens with zero attached hydrogens (tertiary/aromatic N) is 5. The molecule has 0 atom stereocenters. The van der Waals surface area contributed by atoms with Gasteiger partial charge in [0, 0.05) is 61.6 Å². The normalized spacial score (nSPS) is 13.8. The smallest absolute Gasteiger partial charge is 0.269 e. The Morgan fingerprint density at radius 2 is 1.58 bits per heavy atom. The second-order valence-corrected chi connectivity index (χ2v) is 8.40. The summed E-state index contributed by atoms with van der Waals surface area (Å²) in [6.07, 6.45) is 0.754. The molecule has 1 aliphatic rings. The van der Waals surface area contributed by atoms with Gasteiger partial charge in [0.05, 0.1) is 4.92 Å². The van der Waals surface area contributed by atoms with Crippen LogP contribution >= 0.6 is 0 Å². The number of nitro groups is 1. The summed E-state index contributed by atoms with van der Waals surface area (Å²) in [5, 5.41) is 10.9. The number of piperazine rings is 1. The minimum absolute atomic E-state index is 0.0213. The first-order valence-corrected chi connectivity index (χ1v) is 11.0. The van der Waals surface area contributed by atoms with Crippen molar-refractivity contribution in [1.29, 1.82) is 0 Å². The van der Waals surface area contributed by atoms with Crippen LogP contribution in [0.25, 0.3) is 0 Å². The van der Waals surface area contributed by atoms with Crippen LogP contribution in [0.15, 0.2) is 48.5 Å². The monoisotopic (exact) mass is 445 g/mol. The standard InChI is InChI=1S/C25H27N5O3/c1-17-4-6-20(7-5-17)16-23-18(2)26-19(3)27-24(23)28-12-14-29(15-13-28)25(31)21-8-10-22(11-9-21)30(32)33/h4-11H,12-16H2,1-3H3. The van der Waals surface area contributed by atoms with E-state index in [4.69, 9.17) is 4.98 Å². The molecule has 0 unspecified atom stereocenters. The molecule has 4 rings (SSSR count). The first kappa shape index (κ1) is 22.4. The number of carbonyl (C=O) groups excluding carboxylic acids is 1. The first-order chi connectivity index (χ1) is 15.8. The Kier molecular flexibility index (Phi) is 6.35. The van der Waals surface area contributed by atoms with Gasteiger partial charge in [-0.25, -0.2) is 9.97 Å². The maximum atomic E-state index is 12.9. The third-order valence-corrected chi connectivity index (χ3v) is 6.00. The summed E-state index contributed by atoms with van der Waals surface area (Å²) in [5.74, 6) is 1.56. The lowest BCUT2D eigenvalue weighted by molar-refractivity contribution is -0.384. The van der Waals surface area contributed by atoms with Gasteiger partial charge in [-0.1, -0.05) is 29.8 Å². The van der Waals surface area contributed by atoms with Crippen molar-refractivity contribution in [2.45, 2.75) is 27.2 Å². The molecule has 2 aromatic carbocycles. The molecule has 3 aromatic rings. The highest BCUT2D eigenvalue weighted by Gasteiger charge is 2.25.